The Bertz CT molecular complexity index is 1680. The Balaban J connectivity index is 1.94. The molecule has 0 bridgehead atoms. The normalized spacial score (nSPS) is 13.0. The largest absolute Gasteiger partial charge is 0.435 e. The summed E-state index contributed by atoms with van der Waals surface area (Å²) in [7, 11) is -3.57. The molecular weight excluding hydrogens is 580 g/mol. The molecule has 5 nitrogen and oxygen atoms in total. The molecule has 0 amide bonds. The topological polar surface area (TPSA) is 63.5 Å². The van der Waals surface area contributed by atoms with Crippen molar-refractivity contribution in [3.63, 3.8) is 0 Å². The summed E-state index contributed by atoms with van der Waals surface area (Å²) in [6, 6.07) is 16.3. The van der Waals surface area contributed by atoms with Crippen LogP contribution in [0.1, 0.15) is 16.8 Å². The van der Waals surface area contributed by atoms with Crippen molar-refractivity contribution in [2.75, 3.05) is 11.7 Å². The van der Waals surface area contributed by atoms with Crippen LogP contribution in [0.2, 0.25) is 5.02 Å². The number of anilines is 1. The summed E-state index contributed by atoms with van der Waals surface area (Å²) in [4.78, 5) is -0.0323. The van der Waals surface area contributed by atoms with E-state index < -0.39 is 39.0 Å². The number of halogens is 7. The molecule has 13 heteroatoms. The minimum atomic E-state index is -4.96. The molecule has 0 fully saturated rings. The predicted octanol–water partition coefficient (Wildman–Crippen LogP) is 7.91. The van der Waals surface area contributed by atoms with Crippen LogP contribution in [-0.4, -0.2) is 31.1 Å². The fraction of sp³-hybridized carbons (Fsp3) is 0.148. The number of aromatic nitrogens is 1. The number of hydrogen-bond acceptors (Lipinski definition) is 4. The zero-order chi connectivity index (χ0) is 29.5. The van der Waals surface area contributed by atoms with Crippen LogP contribution in [0.15, 0.2) is 88.9 Å². The lowest BCUT2D eigenvalue weighted by atomic mass is 10.1. The van der Waals surface area contributed by atoms with E-state index >= 15 is 0 Å². The number of rotatable bonds is 6. The number of hydrazone groups is 1. The molecule has 0 saturated carbocycles. The van der Waals surface area contributed by atoms with Gasteiger partial charge >= 0.3 is 12.4 Å². The molecule has 0 atom stereocenters. The minimum absolute atomic E-state index is 0.0323. The van der Waals surface area contributed by atoms with Gasteiger partial charge in [0.1, 0.15) is 0 Å². The van der Waals surface area contributed by atoms with Crippen molar-refractivity contribution >= 4 is 32.8 Å². The second-order valence-electron chi connectivity index (χ2n) is 8.79. The molecule has 1 aromatic heterocycles. The lowest BCUT2D eigenvalue weighted by molar-refractivity contribution is -0.137. The highest BCUT2D eigenvalue weighted by molar-refractivity contribution is 7.90. The van der Waals surface area contributed by atoms with Gasteiger partial charge in [-0.3, -0.25) is 5.43 Å². The van der Waals surface area contributed by atoms with Gasteiger partial charge in [-0.1, -0.05) is 29.8 Å². The molecular formula is C27H20ClF6N3O2S. The molecule has 0 saturated heterocycles. The first-order valence-electron chi connectivity index (χ1n) is 11.4. The third-order valence-corrected chi connectivity index (χ3v) is 7.30. The fourth-order valence-electron chi connectivity index (χ4n) is 4.01. The van der Waals surface area contributed by atoms with E-state index in [0.717, 1.165) is 30.5 Å². The summed E-state index contributed by atoms with van der Waals surface area (Å²) in [6.07, 6.45) is -8.66. The van der Waals surface area contributed by atoms with Crippen molar-refractivity contribution in [2.24, 2.45) is 5.10 Å². The Morgan fingerprint density at radius 2 is 1.52 bits per heavy atom. The number of sulfone groups is 1. The van der Waals surface area contributed by atoms with E-state index in [1.807, 2.05) is 0 Å². The maximum absolute atomic E-state index is 14.3. The molecule has 3 aromatic carbocycles. The molecule has 0 radical (unpaired) electrons. The zero-order valence-corrected chi connectivity index (χ0v) is 22.3. The molecule has 0 unspecified atom stereocenters. The summed E-state index contributed by atoms with van der Waals surface area (Å²) >= 11 is 5.82. The average molecular weight is 600 g/mol. The van der Waals surface area contributed by atoms with Gasteiger partial charge in [0.15, 0.2) is 15.5 Å². The Morgan fingerprint density at radius 3 is 2.08 bits per heavy atom. The number of benzene rings is 3. The summed E-state index contributed by atoms with van der Waals surface area (Å²) in [5.74, 6) is 0. The van der Waals surface area contributed by atoms with Crippen molar-refractivity contribution < 1.29 is 34.8 Å². The molecule has 0 aliphatic rings. The molecule has 210 valence electrons. The third-order valence-electron chi connectivity index (χ3n) is 5.92. The summed E-state index contributed by atoms with van der Waals surface area (Å²) in [6.45, 7) is 1.33. The van der Waals surface area contributed by atoms with E-state index in [1.165, 1.54) is 66.1 Å². The van der Waals surface area contributed by atoms with Crippen LogP contribution in [0.25, 0.3) is 16.9 Å². The molecule has 0 spiro atoms. The van der Waals surface area contributed by atoms with Crippen molar-refractivity contribution in [1.29, 1.82) is 0 Å². The maximum Gasteiger partial charge on any atom is 0.435 e. The van der Waals surface area contributed by atoms with Gasteiger partial charge in [-0.05, 0) is 73.2 Å². The predicted molar refractivity (Wildman–Crippen MR) is 142 cm³/mol. The molecule has 4 rings (SSSR count). The van der Waals surface area contributed by atoms with Crippen LogP contribution < -0.4 is 5.43 Å². The highest BCUT2D eigenvalue weighted by Gasteiger charge is 2.40. The molecule has 0 aliphatic heterocycles. The SMILES string of the molecule is Cc1c(/C(=N/Nc2ccc(Cl)cc2)C(F)(F)F)cc(-c2ccc(S(C)(=O)=O)cc2)n1-c1cccc(C(F)(F)F)c1. The van der Waals surface area contributed by atoms with Crippen LogP contribution >= 0.6 is 11.6 Å². The second-order valence-corrected chi connectivity index (χ2v) is 11.2. The Morgan fingerprint density at radius 1 is 0.900 bits per heavy atom. The summed E-state index contributed by atoms with van der Waals surface area (Å²) in [5, 5.41) is 3.96. The second kappa shape index (κ2) is 10.7. The quantitative estimate of drug-likeness (QED) is 0.139. The van der Waals surface area contributed by atoms with E-state index in [-0.39, 0.29) is 33.2 Å². The first-order valence-corrected chi connectivity index (χ1v) is 13.7. The average Bonchev–Trinajstić information content (AvgIpc) is 3.20. The number of nitrogens with zero attached hydrogens (tertiary/aromatic N) is 2. The Hall–Kier alpha value is -3.77. The van der Waals surface area contributed by atoms with Crippen LogP contribution in [0, 0.1) is 6.92 Å². The van der Waals surface area contributed by atoms with Crippen molar-refractivity contribution in [3.05, 3.63) is 101 Å². The van der Waals surface area contributed by atoms with Crippen LogP contribution in [0.3, 0.4) is 0 Å². The lowest BCUT2D eigenvalue weighted by Crippen LogP contribution is -2.26. The Kier molecular flexibility index (Phi) is 7.79. The van der Waals surface area contributed by atoms with Crippen LogP contribution in [0.5, 0.6) is 0 Å². The molecule has 1 N–H and O–H groups in total. The van der Waals surface area contributed by atoms with E-state index in [9.17, 15) is 34.8 Å². The summed E-state index contributed by atoms with van der Waals surface area (Å²) < 4.78 is 108. The molecule has 0 aliphatic carbocycles. The lowest BCUT2D eigenvalue weighted by Gasteiger charge is -2.16. The fourth-order valence-corrected chi connectivity index (χ4v) is 4.76. The van der Waals surface area contributed by atoms with Gasteiger partial charge in [-0.25, -0.2) is 8.42 Å². The van der Waals surface area contributed by atoms with Crippen molar-refractivity contribution in [2.45, 2.75) is 24.2 Å². The van der Waals surface area contributed by atoms with Gasteiger partial charge in [-0.2, -0.15) is 31.4 Å². The maximum atomic E-state index is 14.3. The zero-order valence-electron chi connectivity index (χ0n) is 20.8. The molecule has 1 heterocycles. The highest BCUT2D eigenvalue weighted by Crippen LogP contribution is 2.36. The Labute approximate surface area is 230 Å². The van der Waals surface area contributed by atoms with Crippen molar-refractivity contribution in [3.8, 4) is 16.9 Å². The smallest absolute Gasteiger partial charge is 0.313 e. The number of hydrogen-bond donors (Lipinski definition) is 1. The highest BCUT2D eigenvalue weighted by atomic mass is 35.5. The monoisotopic (exact) mass is 599 g/mol. The van der Waals surface area contributed by atoms with Gasteiger partial charge in [0.05, 0.1) is 21.8 Å². The van der Waals surface area contributed by atoms with E-state index in [2.05, 4.69) is 10.5 Å². The van der Waals surface area contributed by atoms with Gasteiger partial charge in [0.25, 0.3) is 0 Å². The molecule has 40 heavy (non-hydrogen) atoms. The first-order chi connectivity index (χ1) is 18.6. The first kappa shape index (κ1) is 29.2. The minimum Gasteiger partial charge on any atom is -0.313 e. The van der Waals surface area contributed by atoms with E-state index in [1.54, 1.807) is 0 Å². The number of alkyl halides is 6. The van der Waals surface area contributed by atoms with Gasteiger partial charge in [0, 0.05) is 28.2 Å². The van der Waals surface area contributed by atoms with Crippen LogP contribution in [-0.2, 0) is 16.0 Å². The standard InChI is InChI=1S/C27H20ClF6N3O2S/c1-16-23(25(27(32,33)34)36-35-20-10-8-19(28)9-11-20)15-24(17-6-12-22(13-7-17)40(2,38)39)37(16)21-5-3-4-18(14-21)26(29,30)31/h3-15,35H,1-2H3/b36-25-. The van der Waals surface area contributed by atoms with Crippen LogP contribution in [0.4, 0.5) is 32.0 Å². The van der Waals surface area contributed by atoms with Gasteiger partial charge < -0.3 is 4.57 Å². The third kappa shape index (κ3) is 6.34. The van der Waals surface area contributed by atoms with E-state index in [0.29, 0.717) is 5.02 Å². The van der Waals surface area contributed by atoms with Gasteiger partial charge in [-0.15, -0.1) is 0 Å². The van der Waals surface area contributed by atoms with Gasteiger partial charge in [0.2, 0.25) is 0 Å². The number of nitrogens with one attached hydrogen (secondary N) is 1. The summed E-state index contributed by atoms with van der Waals surface area (Å²) in [5.41, 5.74) is 0.131. The van der Waals surface area contributed by atoms with Crippen molar-refractivity contribution in [1.82, 2.24) is 4.57 Å². The van der Waals surface area contributed by atoms with E-state index in [4.69, 9.17) is 11.6 Å². The molecule has 4 aromatic rings.